The molecule has 0 saturated carbocycles. The predicted molar refractivity (Wildman–Crippen MR) is 260 cm³/mol. The Morgan fingerprint density at radius 3 is 0.0500 bits per heavy atom. The van der Waals surface area contributed by atoms with Crippen molar-refractivity contribution < 1.29 is 302 Å². The normalized spacial score (nSPS) is 0. The smallest absolute Gasteiger partial charge is 1.00 e. The second-order valence-corrected chi connectivity index (χ2v) is 0. The average Bonchev–Trinajstić information content (AvgIpc) is 0. The number of hydrogen-bond donors (Lipinski definition) is 0. The van der Waals surface area contributed by atoms with Gasteiger partial charge in [0, 0.05) is 0 Å². The molecule has 100 N–H and O–H groups in total. The summed E-state index contributed by atoms with van der Waals surface area (Å²) in [6.45, 7) is 0. The van der Waals surface area contributed by atoms with Gasteiger partial charge in [0.25, 0.3) is 0 Å². The molecule has 0 aromatic carbocycles. The fourth-order valence-electron chi connectivity index (χ4n) is 0. The van der Waals surface area contributed by atoms with Crippen LogP contribution in [-0.2, 0) is 0 Å². The van der Waals surface area contributed by atoms with E-state index in [1.54, 1.807) is 0 Å². The van der Waals surface area contributed by atoms with Crippen LogP contribution in [0.2, 0.25) is 0 Å². The first-order valence-corrected chi connectivity index (χ1v) is 0. The third kappa shape index (κ3) is 2790. The molecule has 60 heteroatoms. The molecule has 0 spiro atoms. The van der Waals surface area contributed by atoms with E-state index in [1.165, 1.54) is 0 Å². The summed E-state index contributed by atoms with van der Waals surface area (Å²) < 4.78 is 0. The summed E-state index contributed by atoms with van der Waals surface area (Å²) >= 11 is 0. The largest absolute Gasteiger partial charge is 2.00 e. The van der Waals surface area contributed by atoms with Crippen LogP contribution < -0.4 is 0 Å². The third-order valence-electron chi connectivity index (χ3n) is 0. The van der Waals surface area contributed by atoms with Gasteiger partial charge in [0.05, 0.1) is 0 Å². The molecule has 0 bridgehead atoms. The first kappa shape index (κ1) is 3040. The summed E-state index contributed by atoms with van der Waals surface area (Å²) in [6, 6.07) is 0. The quantitative estimate of drug-likeness (QED) is 0.204. The van der Waals surface area contributed by atoms with Gasteiger partial charge in [-0.1, -0.05) is 0 Å². The van der Waals surface area contributed by atoms with Crippen molar-refractivity contribution in [2.45, 2.75) is 0 Å². The van der Waals surface area contributed by atoms with Gasteiger partial charge < -0.3 is 302 Å². The van der Waals surface area contributed by atoms with E-state index in [2.05, 4.69) is 0 Å². The van der Waals surface area contributed by atoms with Crippen LogP contribution in [0.15, 0.2) is 0 Å². The Morgan fingerprint density at radius 1 is 0.0500 bits per heavy atom. The number of hydrogen-bond acceptors (Lipinski definition) is 0. The Kier molecular flexibility index (Phi) is 148000. The second-order valence-electron chi connectivity index (χ2n) is 0. The maximum absolute atomic E-state index is 0. The van der Waals surface area contributed by atoms with Gasteiger partial charge in [0.2, 0.25) is 0 Å². The van der Waals surface area contributed by atoms with E-state index in [0.717, 1.165) is 0 Å². The van der Waals surface area contributed by atoms with Gasteiger partial charge in [-0.15, -0.1) is 0 Å². The molecule has 0 aliphatic heterocycles. The van der Waals surface area contributed by atoms with Crippen molar-refractivity contribution in [3.8, 4) is 0 Å². The van der Waals surface area contributed by atoms with E-state index in [0.29, 0.717) is 0 Å². The Bertz CT molecular complexity index is 104. The van der Waals surface area contributed by atoms with Gasteiger partial charge in [-0.05, 0) is 0 Å². The van der Waals surface area contributed by atoms with Gasteiger partial charge in [0.15, 0.2) is 0 Å². The summed E-state index contributed by atoms with van der Waals surface area (Å²) in [7, 11) is 0. The maximum atomic E-state index is 0. The molecular formula is H120Ca10O50. The zero-order valence-corrected chi connectivity index (χ0v) is 54.2. The summed E-state index contributed by atoms with van der Waals surface area (Å²) in [5.41, 5.74) is 0. The van der Waals surface area contributed by atoms with Crippen molar-refractivity contribution >= 4 is 377 Å². The molecule has 0 heterocycles. The monoisotopic (exact) mass is 1320 g/mol. The zero-order chi connectivity index (χ0) is 0. The minimum absolute atomic E-state index is 0. The van der Waals surface area contributed by atoms with E-state index >= 15 is 0 Å². The van der Waals surface area contributed by atoms with Crippen molar-refractivity contribution in [2.24, 2.45) is 0 Å². The van der Waals surface area contributed by atoms with E-state index in [-0.39, 0.29) is 680 Å². The van der Waals surface area contributed by atoms with E-state index in [9.17, 15) is 0 Å². The molecule has 0 rings (SSSR count). The van der Waals surface area contributed by atoms with Crippen LogP contribution in [0.25, 0.3) is 0 Å². The van der Waals surface area contributed by atoms with Crippen molar-refractivity contribution in [1.82, 2.24) is 0 Å². The second kappa shape index (κ2) is 2920. The van der Waals surface area contributed by atoms with E-state index in [4.69, 9.17) is 0 Å². The first-order valence-electron chi connectivity index (χ1n) is 0. The van der Waals surface area contributed by atoms with Crippen molar-refractivity contribution in [3.05, 3.63) is 0 Å². The minimum Gasteiger partial charge on any atom is -1.00 e. The molecule has 0 aliphatic carbocycles. The molecule has 50 nitrogen and oxygen atoms in total. The Labute approximate surface area is 666 Å². The number of rotatable bonds is 0. The fourth-order valence-corrected chi connectivity index (χ4v) is 0. The molecular weight excluding hydrogens is 1200 g/mol. The third-order valence-corrected chi connectivity index (χ3v) is 0. The van der Waals surface area contributed by atoms with Crippen molar-refractivity contribution in [3.63, 3.8) is 0 Å². The van der Waals surface area contributed by atoms with Crippen LogP contribution in [0, 0.1) is 0 Å². The summed E-state index contributed by atoms with van der Waals surface area (Å²) in [5.74, 6) is 0. The van der Waals surface area contributed by atoms with E-state index in [1.807, 2.05) is 0 Å². The van der Waals surface area contributed by atoms with Crippen LogP contribution >= 0.6 is 0 Å². The molecule has 0 aromatic heterocycles. The van der Waals surface area contributed by atoms with Crippen LogP contribution in [0.4, 0.5) is 0 Å². The Hall–Kier alpha value is 10.6. The minimum atomic E-state index is 0. The molecule has 440 valence electrons. The van der Waals surface area contributed by atoms with Gasteiger partial charge in [-0.25, -0.2) is 0 Å². The maximum Gasteiger partial charge on any atom is 2.00 e. The van der Waals surface area contributed by atoms with Crippen LogP contribution in [0.3, 0.4) is 0 Å². The van der Waals surface area contributed by atoms with Gasteiger partial charge in [0.1, 0.15) is 0 Å². The molecule has 60 heavy (non-hydrogen) atoms. The first-order chi connectivity index (χ1) is 0. The van der Waals surface area contributed by atoms with Gasteiger partial charge in [-0.2, -0.15) is 0 Å². The zero-order valence-electron chi connectivity index (χ0n) is 52.1. The molecule has 0 radical (unpaired) electrons. The molecule has 0 aromatic rings. The van der Waals surface area contributed by atoms with E-state index < -0.39 is 0 Å². The molecule has 0 unspecified atom stereocenters. The Balaban J connectivity index is 0. The Morgan fingerprint density at radius 2 is 0.0500 bits per heavy atom. The summed E-state index contributed by atoms with van der Waals surface area (Å²) in [6.07, 6.45) is 0. The summed E-state index contributed by atoms with van der Waals surface area (Å²) in [5, 5.41) is 0. The molecule has 0 aliphatic rings. The summed E-state index contributed by atoms with van der Waals surface area (Å²) in [4.78, 5) is 0. The molecule has 0 atom stereocenters. The predicted octanol–water partition coefficient (Wildman–Crippen LogP) is -42.8. The van der Waals surface area contributed by atoms with Crippen LogP contribution in [-0.4, -0.2) is 651 Å². The standard InChI is InChI=1S/10Ca.50H2O.20H/h;;;;;;;;;;50*1H2;;;;;;;;;;;;;;;;;;;;/q10*+2;;;;;;;;;;;;;;;;;;;;;;;;;;;;;;;;;;;;;;;;;;;;;;;;;;;20*-1. The van der Waals surface area contributed by atoms with Crippen molar-refractivity contribution in [2.75, 3.05) is 0 Å². The van der Waals surface area contributed by atoms with Crippen LogP contribution in [0.5, 0.6) is 0 Å². The fraction of sp³-hybridized carbons (Fsp3) is 0. The van der Waals surface area contributed by atoms with Crippen LogP contribution in [0.1, 0.15) is 28.5 Å². The van der Waals surface area contributed by atoms with Gasteiger partial charge >= 0.3 is 377 Å². The molecule has 0 amide bonds. The van der Waals surface area contributed by atoms with Crippen molar-refractivity contribution in [1.29, 1.82) is 0 Å². The topological polar surface area (TPSA) is 1580 Å². The van der Waals surface area contributed by atoms with Gasteiger partial charge in [-0.3, -0.25) is 0 Å². The molecule has 0 fully saturated rings. The molecule has 0 saturated heterocycles. The SMILES string of the molecule is O.O.O.O.O.O.O.O.O.O.O.O.O.O.O.O.O.O.O.O.O.O.O.O.O.O.O.O.O.O.O.O.O.O.O.O.O.O.O.O.O.O.O.O.O.O.O.O.O.O.[Ca+2].[Ca+2].[Ca+2].[Ca+2].[Ca+2].[Ca+2].[Ca+2].[Ca+2].[Ca+2].[Ca+2].[H-].[H-].[H-].[H-].[H-].[H-].[H-].[H-].[H-].[H-].[H-].[H-].[H-].[H-].[H-].[H-].[H-].[H-].[H-].[H-]. The average molecular weight is 1320 g/mol.